The Kier molecular flexibility index (Phi) is 5.42. The molecule has 0 radical (unpaired) electrons. The second-order valence-electron chi connectivity index (χ2n) is 11.3. The Morgan fingerprint density at radius 3 is 2.45 bits per heavy atom. The highest BCUT2D eigenvalue weighted by Gasteiger charge is 2.54. The first kappa shape index (κ1) is 24.7. The van der Waals surface area contributed by atoms with Gasteiger partial charge >= 0.3 is 5.97 Å². The summed E-state index contributed by atoms with van der Waals surface area (Å²) in [7, 11) is 0. The third-order valence-electron chi connectivity index (χ3n) is 8.73. The molecule has 0 aromatic heterocycles. The van der Waals surface area contributed by atoms with Gasteiger partial charge in [-0.2, -0.15) is 0 Å². The molecular weight excluding hydrogens is 518 g/mol. The third-order valence-corrected chi connectivity index (χ3v) is 8.73. The molecule has 3 aliphatic rings. The highest BCUT2D eigenvalue weighted by Crippen LogP contribution is 2.58. The van der Waals surface area contributed by atoms with Gasteiger partial charge < -0.3 is 14.4 Å². The van der Waals surface area contributed by atoms with Crippen molar-refractivity contribution in [2.24, 2.45) is 0 Å². The number of carbonyl (C=O) groups is 1. The van der Waals surface area contributed by atoms with E-state index in [0.29, 0.717) is 11.3 Å². The number of hydrogen-bond acceptors (Lipinski definition) is 4. The van der Waals surface area contributed by atoms with E-state index in [1.165, 1.54) is 11.1 Å². The average Bonchev–Trinajstić information content (AvgIpc) is 3.31. The van der Waals surface area contributed by atoms with Gasteiger partial charge in [-0.15, -0.1) is 0 Å². The number of allylic oxidation sites excluding steroid dienone is 1. The van der Waals surface area contributed by atoms with E-state index in [1.807, 2.05) is 24.3 Å². The van der Waals surface area contributed by atoms with Crippen molar-refractivity contribution in [2.75, 3.05) is 4.90 Å². The first-order valence-corrected chi connectivity index (χ1v) is 14.5. The van der Waals surface area contributed by atoms with Crippen LogP contribution in [-0.2, 0) is 16.8 Å². The maximum atomic E-state index is 13.4. The predicted molar refractivity (Wildman–Crippen MR) is 166 cm³/mol. The van der Waals surface area contributed by atoms with Gasteiger partial charge in [0.2, 0.25) is 0 Å². The summed E-state index contributed by atoms with van der Waals surface area (Å²) < 4.78 is 13.3. The summed E-state index contributed by atoms with van der Waals surface area (Å²) >= 11 is 0. The first-order chi connectivity index (χ1) is 20.5. The Morgan fingerprint density at radius 1 is 0.762 bits per heavy atom. The zero-order valence-corrected chi connectivity index (χ0v) is 23.6. The third kappa shape index (κ3) is 3.51. The molecule has 2 heterocycles. The van der Waals surface area contributed by atoms with Gasteiger partial charge in [-0.25, -0.2) is 4.79 Å². The molecule has 1 spiro atoms. The lowest BCUT2D eigenvalue weighted by molar-refractivity contribution is 0.0224. The quantitative estimate of drug-likeness (QED) is 0.211. The van der Waals surface area contributed by atoms with Crippen LogP contribution in [0.2, 0.25) is 0 Å². The summed E-state index contributed by atoms with van der Waals surface area (Å²) in [5.41, 5.74) is 9.80. The van der Waals surface area contributed by atoms with Crippen LogP contribution in [0.4, 0.5) is 17.1 Å². The molecule has 0 bridgehead atoms. The number of para-hydroxylation sites is 1. The van der Waals surface area contributed by atoms with Crippen molar-refractivity contribution in [2.45, 2.75) is 32.3 Å². The molecule has 2 aliphatic heterocycles. The summed E-state index contributed by atoms with van der Waals surface area (Å²) in [6, 6.07) is 35.2. The SMILES string of the molecule is Cc1cccc(N(c2ccc3c(c2)Oc2c(ccc4c2C=CCC4)C32OC(=O)c3ccccc32)c2ccccc2C)c1. The fourth-order valence-electron chi connectivity index (χ4n) is 6.77. The number of ether oxygens (including phenoxy) is 2. The van der Waals surface area contributed by atoms with E-state index in [2.05, 4.69) is 110 Å². The Balaban J connectivity index is 1.39. The molecule has 4 heteroatoms. The molecule has 1 atom stereocenters. The Bertz CT molecular complexity index is 1950. The number of benzene rings is 5. The number of anilines is 3. The van der Waals surface area contributed by atoms with E-state index >= 15 is 0 Å². The van der Waals surface area contributed by atoms with Crippen molar-refractivity contribution in [1.29, 1.82) is 0 Å². The van der Waals surface area contributed by atoms with Gasteiger partial charge in [-0.05, 0) is 79.8 Å². The number of rotatable bonds is 3. The van der Waals surface area contributed by atoms with E-state index < -0.39 is 5.60 Å². The highest BCUT2D eigenvalue weighted by atomic mass is 16.6. The van der Waals surface area contributed by atoms with Gasteiger partial charge in [0.1, 0.15) is 11.5 Å². The fourth-order valence-corrected chi connectivity index (χ4v) is 6.77. The molecule has 1 unspecified atom stereocenters. The largest absolute Gasteiger partial charge is 0.456 e. The van der Waals surface area contributed by atoms with E-state index in [-0.39, 0.29) is 5.97 Å². The fraction of sp³-hybridized carbons (Fsp3) is 0.132. The smallest absolute Gasteiger partial charge is 0.340 e. The number of fused-ring (bicyclic) bond motifs is 8. The van der Waals surface area contributed by atoms with Gasteiger partial charge in [0.15, 0.2) is 5.60 Å². The zero-order valence-electron chi connectivity index (χ0n) is 23.6. The monoisotopic (exact) mass is 547 g/mol. The molecule has 1 aliphatic carbocycles. The molecule has 0 fully saturated rings. The second-order valence-corrected chi connectivity index (χ2v) is 11.3. The highest BCUT2D eigenvalue weighted by molar-refractivity contribution is 5.97. The first-order valence-electron chi connectivity index (χ1n) is 14.5. The lowest BCUT2D eigenvalue weighted by Crippen LogP contribution is -2.33. The molecule has 0 saturated heterocycles. The number of hydrogen-bond donors (Lipinski definition) is 0. The van der Waals surface area contributed by atoms with Gasteiger partial charge in [0.25, 0.3) is 0 Å². The summed E-state index contributed by atoms with van der Waals surface area (Å²) in [5.74, 6) is 1.13. The van der Waals surface area contributed by atoms with Crippen LogP contribution in [-0.4, -0.2) is 5.97 Å². The minimum atomic E-state index is -1.09. The van der Waals surface area contributed by atoms with Crippen molar-refractivity contribution in [3.8, 4) is 11.5 Å². The molecule has 42 heavy (non-hydrogen) atoms. The lowest BCUT2D eigenvalue weighted by atomic mass is 9.76. The molecule has 0 saturated carbocycles. The summed E-state index contributed by atoms with van der Waals surface area (Å²) in [6.45, 7) is 4.24. The van der Waals surface area contributed by atoms with E-state index in [4.69, 9.17) is 9.47 Å². The molecule has 5 aromatic carbocycles. The van der Waals surface area contributed by atoms with Crippen LogP contribution in [0.25, 0.3) is 6.08 Å². The van der Waals surface area contributed by atoms with Gasteiger partial charge in [-0.3, -0.25) is 0 Å². The minimum absolute atomic E-state index is 0.317. The van der Waals surface area contributed by atoms with Crippen LogP contribution in [0.1, 0.15) is 55.7 Å². The van der Waals surface area contributed by atoms with Gasteiger partial charge in [0, 0.05) is 45.4 Å². The van der Waals surface area contributed by atoms with Crippen LogP contribution in [0.5, 0.6) is 11.5 Å². The van der Waals surface area contributed by atoms with E-state index in [9.17, 15) is 4.79 Å². The van der Waals surface area contributed by atoms with Crippen molar-refractivity contribution in [1.82, 2.24) is 0 Å². The molecule has 4 nitrogen and oxygen atoms in total. The minimum Gasteiger partial charge on any atom is -0.456 e. The van der Waals surface area contributed by atoms with Gasteiger partial charge in [0.05, 0.1) is 5.56 Å². The zero-order chi connectivity index (χ0) is 28.4. The maximum absolute atomic E-state index is 13.4. The standard InChI is InChI=1S/C38H29NO3/c1-24-10-9-13-27(22-24)39(34-17-8-3-11-25(34)2)28-19-21-32-35(23-28)41-36-29-14-5-4-12-26(29)18-20-33(36)38(32)31-16-7-6-15-30(31)37(40)42-38/h3,5-11,13-23H,4,12H2,1-2H3. The molecule has 0 N–H and O–H groups in total. The Hall–Kier alpha value is -5.09. The predicted octanol–water partition coefficient (Wildman–Crippen LogP) is 9.30. The summed E-state index contributed by atoms with van der Waals surface area (Å²) in [6.07, 6.45) is 6.29. The van der Waals surface area contributed by atoms with Crippen LogP contribution in [0.15, 0.2) is 109 Å². The van der Waals surface area contributed by atoms with Crippen LogP contribution in [0.3, 0.4) is 0 Å². The molecule has 0 amide bonds. The van der Waals surface area contributed by atoms with E-state index in [1.54, 1.807) is 0 Å². The normalized spacial score (nSPS) is 17.5. The van der Waals surface area contributed by atoms with Crippen molar-refractivity contribution < 1.29 is 14.3 Å². The Labute approximate surface area is 245 Å². The molecular formula is C38H29NO3. The number of esters is 1. The van der Waals surface area contributed by atoms with Gasteiger partial charge in [-0.1, -0.05) is 72.8 Å². The number of nitrogens with zero attached hydrogens (tertiary/aromatic N) is 1. The number of carbonyl (C=O) groups excluding carboxylic acids is 1. The summed E-state index contributed by atoms with van der Waals surface area (Å²) in [5, 5.41) is 0. The number of aryl methyl sites for hydroxylation is 3. The van der Waals surface area contributed by atoms with Crippen LogP contribution < -0.4 is 9.64 Å². The molecule has 8 rings (SSSR count). The second kappa shape index (κ2) is 9.22. The lowest BCUT2D eigenvalue weighted by Gasteiger charge is -2.38. The van der Waals surface area contributed by atoms with Crippen molar-refractivity contribution in [3.05, 3.63) is 154 Å². The summed E-state index contributed by atoms with van der Waals surface area (Å²) in [4.78, 5) is 15.6. The van der Waals surface area contributed by atoms with Crippen LogP contribution in [0, 0.1) is 13.8 Å². The maximum Gasteiger partial charge on any atom is 0.340 e. The van der Waals surface area contributed by atoms with Crippen molar-refractivity contribution >= 4 is 29.1 Å². The van der Waals surface area contributed by atoms with Crippen LogP contribution >= 0.6 is 0 Å². The molecule has 5 aromatic rings. The Morgan fingerprint density at radius 2 is 1.57 bits per heavy atom. The topological polar surface area (TPSA) is 38.8 Å². The van der Waals surface area contributed by atoms with Crippen molar-refractivity contribution in [3.63, 3.8) is 0 Å². The van der Waals surface area contributed by atoms with E-state index in [0.717, 1.165) is 63.5 Å². The molecule has 204 valence electrons. The average molecular weight is 548 g/mol.